The van der Waals surface area contributed by atoms with Crippen molar-refractivity contribution in [3.8, 4) is 0 Å². The number of carbonyl (C=O) groups is 2. The molecule has 0 heterocycles. The molecule has 0 aliphatic heterocycles. The minimum atomic E-state index is -1.08. The number of aldehydes is 1. The molecule has 1 N–H and O–H groups in total. The molecular formula is C12H14O3. The molecule has 0 fully saturated rings. The number of aliphatic carboxylic acids is 1. The van der Waals surface area contributed by atoms with Gasteiger partial charge in [0.15, 0.2) is 0 Å². The average molecular weight is 206 g/mol. The van der Waals surface area contributed by atoms with E-state index in [1.807, 2.05) is 6.07 Å². The first kappa shape index (κ1) is 11.4. The van der Waals surface area contributed by atoms with Gasteiger partial charge in [0.05, 0.1) is 11.3 Å². The predicted molar refractivity (Wildman–Crippen MR) is 56.7 cm³/mol. The van der Waals surface area contributed by atoms with Gasteiger partial charge in [-0.25, -0.2) is 0 Å². The third kappa shape index (κ3) is 2.24. The third-order valence-electron chi connectivity index (χ3n) is 2.62. The summed E-state index contributed by atoms with van der Waals surface area (Å²) in [7, 11) is 0. The first-order valence-electron chi connectivity index (χ1n) is 4.73. The Kier molecular flexibility index (Phi) is 3.24. The molecule has 1 aromatic carbocycles. The first-order chi connectivity index (χ1) is 7.00. The molecule has 0 bridgehead atoms. The van der Waals surface area contributed by atoms with Gasteiger partial charge in [0.25, 0.3) is 0 Å². The molecule has 80 valence electrons. The Morgan fingerprint density at radius 1 is 1.33 bits per heavy atom. The van der Waals surface area contributed by atoms with E-state index in [1.165, 1.54) is 0 Å². The summed E-state index contributed by atoms with van der Waals surface area (Å²) >= 11 is 0. The van der Waals surface area contributed by atoms with Gasteiger partial charge in [-0.2, -0.15) is 0 Å². The van der Waals surface area contributed by atoms with Gasteiger partial charge in [-0.15, -0.1) is 0 Å². The van der Waals surface area contributed by atoms with Gasteiger partial charge in [-0.1, -0.05) is 30.3 Å². The second-order valence-corrected chi connectivity index (χ2v) is 4.05. The zero-order valence-electron chi connectivity index (χ0n) is 8.81. The Bertz CT molecular complexity index is 354. The molecule has 0 spiro atoms. The predicted octanol–water partition coefficient (Wildman–Crippen LogP) is 2.08. The Morgan fingerprint density at radius 3 is 2.27 bits per heavy atom. The van der Waals surface area contributed by atoms with Crippen molar-refractivity contribution in [2.75, 3.05) is 0 Å². The van der Waals surface area contributed by atoms with Gasteiger partial charge in [0.1, 0.15) is 6.29 Å². The fourth-order valence-corrected chi connectivity index (χ4v) is 1.46. The minimum Gasteiger partial charge on any atom is -0.481 e. The fraction of sp³-hybridized carbons (Fsp3) is 0.333. The summed E-state index contributed by atoms with van der Waals surface area (Å²) in [6.07, 6.45) is 0.698. The lowest BCUT2D eigenvalue weighted by molar-refractivity contribution is -0.149. The van der Waals surface area contributed by atoms with E-state index in [4.69, 9.17) is 5.11 Å². The Hall–Kier alpha value is -1.64. The van der Waals surface area contributed by atoms with Crippen LogP contribution in [-0.2, 0) is 9.59 Å². The lowest BCUT2D eigenvalue weighted by Gasteiger charge is -2.26. The van der Waals surface area contributed by atoms with Gasteiger partial charge in [0.2, 0.25) is 0 Å². The number of rotatable bonds is 4. The van der Waals surface area contributed by atoms with E-state index in [1.54, 1.807) is 38.1 Å². The van der Waals surface area contributed by atoms with Crippen LogP contribution in [0.3, 0.4) is 0 Å². The summed E-state index contributed by atoms with van der Waals surface area (Å²) < 4.78 is 0. The Labute approximate surface area is 88.7 Å². The van der Waals surface area contributed by atoms with Gasteiger partial charge in [0, 0.05) is 0 Å². The molecule has 1 rings (SSSR count). The maximum Gasteiger partial charge on any atom is 0.310 e. The van der Waals surface area contributed by atoms with E-state index in [2.05, 4.69) is 0 Å². The molecular weight excluding hydrogens is 192 g/mol. The lowest BCUT2D eigenvalue weighted by Crippen LogP contribution is -2.32. The zero-order chi connectivity index (χ0) is 11.5. The molecule has 0 saturated carbocycles. The number of carboxylic acid groups (broad SMARTS) is 1. The van der Waals surface area contributed by atoms with Crippen LogP contribution < -0.4 is 0 Å². The van der Waals surface area contributed by atoms with Crippen LogP contribution in [0.2, 0.25) is 0 Å². The van der Waals surface area contributed by atoms with Gasteiger partial charge in [-0.05, 0) is 19.4 Å². The SMILES string of the molecule is CC(C)(C(=O)O)C(C=O)c1ccccc1. The van der Waals surface area contributed by atoms with Crippen molar-refractivity contribution in [1.82, 2.24) is 0 Å². The van der Waals surface area contributed by atoms with Crippen LogP contribution in [0.15, 0.2) is 30.3 Å². The van der Waals surface area contributed by atoms with Crippen LogP contribution >= 0.6 is 0 Å². The third-order valence-corrected chi connectivity index (χ3v) is 2.62. The summed E-state index contributed by atoms with van der Waals surface area (Å²) in [5, 5.41) is 9.05. The highest BCUT2D eigenvalue weighted by molar-refractivity contribution is 5.81. The van der Waals surface area contributed by atoms with Gasteiger partial charge < -0.3 is 9.90 Å². The van der Waals surface area contributed by atoms with Crippen molar-refractivity contribution in [3.63, 3.8) is 0 Å². The average Bonchev–Trinajstić information content (AvgIpc) is 2.19. The van der Waals surface area contributed by atoms with Crippen molar-refractivity contribution in [2.24, 2.45) is 5.41 Å². The van der Waals surface area contributed by atoms with Crippen molar-refractivity contribution in [1.29, 1.82) is 0 Å². The van der Waals surface area contributed by atoms with E-state index in [-0.39, 0.29) is 0 Å². The van der Waals surface area contributed by atoms with Gasteiger partial charge >= 0.3 is 5.97 Å². The Balaban J connectivity index is 3.10. The molecule has 0 saturated heterocycles. The number of carboxylic acids is 1. The molecule has 3 nitrogen and oxygen atoms in total. The van der Waals surface area contributed by atoms with Crippen LogP contribution in [0.25, 0.3) is 0 Å². The summed E-state index contributed by atoms with van der Waals surface area (Å²) in [5.41, 5.74) is -0.344. The van der Waals surface area contributed by atoms with Crippen molar-refractivity contribution in [2.45, 2.75) is 19.8 Å². The number of hydrogen-bond donors (Lipinski definition) is 1. The lowest BCUT2D eigenvalue weighted by atomic mass is 9.76. The first-order valence-corrected chi connectivity index (χ1v) is 4.73. The molecule has 1 unspecified atom stereocenters. The number of carbonyl (C=O) groups excluding carboxylic acids is 1. The second kappa shape index (κ2) is 4.26. The maximum absolute atomic E-state index is 11.0. The number of benzene rings is 1. The summed E-state index contributed by atoms with van der Waals surface area (Å²) in [5.74, 6) is -1.58. The molecule has 3 heteroatoms. The topological polar surface area (TPSA) is 54.4 Å². The van der Waals surface area contributed by atoms with Crippen LogP contribution in [0.1, 0.15) is 25.3 Å². The molecule has 0 aliphatic rings. The zero-order valence-corrected chi connectivity index (χ0v) is 8.81. The van der Waals surface area contributed by atoms with Crippen LogP contribution in [0.4, 0.5) is 0 Å². The van der Waals surface area contributed by atoms with E-state index in [0.717, 1.165) is 5.56 Å². The summed E-state index contributed by atoms with van der Waals surface area (Å²) in [6, 6.07) is 8.96. The van der Waals surface area contributed by atoms with Crippen molar-refractivity contribution >= 4 is 12.3 Å². The fourth-order valence-electron chi connectivity index (χ4n) is 1.46. The molecule has 0 aromatic heterocycles. The second-order valence-electron chi connectivity index (χ2n) is 4.05. The molecule has 0 radical (unpaired) electrons. The highest BCUT2D eigenvalue weighted by atomic mass is 16.4. The monoisotopic (exact) mass is 206 g/mol. The summed E-state index contributed by atoms with van der Waals surface area (Å²) in [6.45, 7) is 3.11. The minimum absolute atomic E-state index is 0.615. The van der Waals surface area contributed by atoms with Crippen molar-refractivity contribution < 1.29 is 14.7 Å². The smallest absolute Gasteiger partial charge is 0.310 e. The maximum atomic E-state index is 11.0. The van der Waals surface area contributed by atoms with E-state index in [9.17, 15) is 9.59 Å². The molecule has 15 heavy (non-hydrogen) atoms. The Morgan fingerprint density at radius 2 is 1.87 bits per heavy atom. The van der Waals surface area contributed by atoms with Crippen LogP contribution in [-0.4, -0.2) is 17.4 Å². The van der Waals surface area contributed by atoms with Crippen molar-refractivity contribution in [3.05, 3.63) is 35.9 Å². The molecule has 1 atom stereocenters. The largest absolute Gasteiger partial charge is 0.481 e. The van der Waals surface area contributed by atoms with E-state index in [0.29, 0.717) is 6.29 Å². The summed E-state index contributed by atoms with van der Waals surface area (Å²) in [4.78, 5) is 22.0. The molecule has 0 aliphatic carbocycles. The van der Waals surface area contributed by atoms with E-state index < -0.39 is 17.3 Å². The normalized spacial score (nSPS) is 13.2. The standard InChI is InChI=1S/C12H14O3/c1-12(2,11(14)15)10(8-13)9-6-4-3-5-7-9/h3-8,10H,1-2H3,(H,14,15). The number of hydrogen-bond acceptors (Lipinski definition) is 2. The highest BCUT2D eigenvalue weighted by Gasteiger charge is 2.37. The highest BCUT2D eigenvalue weighted by Crippen LogP contribution is 2.33. The molecule has 1 aromatic rings. The molecule has 0 amide bonds. The quantitative estimate of drug-likeness (QED) is 0.767. The van der Waals surface area contributed by atoms with Crippen LogP contribution in [0.5, 0.6) is 0 Å². The van der Waals surface area contributed by atoms with Gasteiger partial charge in [-0.3, -0.25) is 4.79 Å². The van der Waals surface area contributed by atoms with E-state index >= 15 is 0 Å². The van der Waals surface area contributed by atoms with Crippen LogP contribution in [0, 0.1) is 5.41 Å².